The van der Waals surface area contributed by atoms with Crippen LogP contribution in [0.1, 0.15) is 34.8 Å². The van der Waals surface area contributed by atoms with Gasteiger partial charge in [0.15, 0.2) is 5.69 Å². The van der Waals surface area contributed by atoms with Gasteiger partial charge in [-0.3, -0.25) is 4.79 Å². The highest BCUT2D eigenvalue weighted by molar-refractivity contribution is 6.03. The summed E-state index contributed by atoms with van der Waals surface area (Å²) in [5.74, 6) is 0.342. The molecule has 1 aromatic heterocycles. The lowest BCUT2D eigenvalue weighted by Gasteiger charge is -2.15. The summed E-state index contributed by atoms with van der Waals surface area (Å²) in [5, 5.41) is 9.71. The molecule has 0 bridgehead atoms. The fourth-order valence-corrected chi connectivity index (χ4v) is 1.80. The van der Waals surface area contributed by atoms with Crippen LogP contribution in [0.5, 0.6) is 0 Å². The molecule has 1 unspecified atom stereocenters. The summed E-state index contributed by atoms with van der Waals surface area (Å²) >= 11 is 0. The molecule has 2 aromatic rings. The number of rotatable bonds is 4. The van der Waals surface area contributed by atoms with Crippen molar-refractivity contribution in [2.24, 2.45) is 0 Å². The van der Waals surface area contributed by atoms with E-state index in [0.717, 1.165) is 11.3 Å². The molecule has 1 aromatic carbocycles. The van der Waals surface area contributed by atoms with Crippen molar-refractivity contribution in [2.45, 2.75) is 19.9 Å². The fraction of sp³-hybridized carbons (Fsp3) is 0.286. The van der Waals surface area contributed by atoms with Crippen molar-refractivity contribution in [1.82, 2.24) is 10.5 Å². The number of hydrogen-bond acceptors (Lipinski definition) is 4. The number of carbonyl (C=O) groups is 1. The minimum absolute atomic E-state index is 0.149. The van der Waals surface area contributed by atoms with Crippen LogP contribution in [0.3, 0.4) is 0 Å². The van der Waals surface area contributed by atoms with Gasteiger partial charge in [-0.05, 0) is 32.5 Å². The van der Waals surface area contributed by atoms with Crippen LogP contribution in [0.2, 0.25) is 0 Å². The summed E-state index contributed by atoms with van der Waals surface area (Å²) in [6, 6.07) is 9.43. The average molecular weight is 259 g/mol. The highest BCUT2D eigenvalue weighted by Crippen LogP contribution is 2.22. The van der Waals surface area contributed by atoms with Gasteiger partial charge in [-0.1, -0.05) is 23.4 Å². The summed E-state index contributed by atoms with van der Waals surface area (Å²) in [6.45, 7) is 3.78. The monoisotopic (exact) mass is 259 g/mol. The van der Waals surface area contributed by atoms with Gasteiger partial charge in [-0.15, -0.1) is 0 Å². The number of nitrogens with zero attached hydrogens (tertiary/aromatic N) is 1. The van der Waals surface area contributed by atoms with Crippen molar-refractivity contribution in [2.75, 3.05) is 12.4 Å². The zero-order valence-electron chi connectivity index (χ0n) is 11.2. The van der Waals surface area contributed by atoms with Crippen molar-refractivity contribution in [3.05, 3.63) is 47.3 Å². The Morgan fingerprint density at radius 3 is 2.74 bits per heavy atom. The van der Waals surface area contributed by atoms with Crippen LogP contribution in [0.25, 0.3) is 0 Å². The van der Waals surface area contributed by atoms with Gasteiger partial charge in [-0.25, -0.2) is 0 Å². The Hall–Kier alpha value is -2.14. The van der Waals surface area contributed by atoms with Crippen LogP contribution in [0.15, 0.2) is 34.9 Å². The van der Waals surface area contributed by atoms with E-state index in [2.05, 4.69) is 15.8 Å². The highest BCUT2D eigenvalue weighted by Gasteiger charge is 2.14. The smallest absolute Gasteiger partial charge is 0.277 e. The molecule has 19 heavy (non-hydrogen) atoms. The summed E-state index contributed by atoms with van der Waals surface area (Å²) in [7, 11) is 1.88. The number of anilines is 1. The summed E-state index contributed by atoms with van der Waals surface area (Å²) < 4.78 is 4.90. The summed E-state index contributed by atoms with van der Waals surface area (Å²) in [4.78, 5) is 12.0. The molecule has 1 heterocycles. The maximum atomic E-state index is 12.0. The lowest BCUT2D eigenvalue weighted by molar-refractivity contribution is 0.101. The van der Waals surface area contributed by atoms with Crippen molar-refractivity contribution >= 4 is 11.6 Å². The molecule has 2 N–H and O–H groups in total. The van der Waals surface area contributed by atoms with Crippen molar-refractivity contribution in [3.8, 4) is 0 Å². The maximum Gasteiger partial charge on any atom is 0.277 e. The molecule has 1 amide bonds. The second-order valence-corrected chi connectivity index (χ2v) is 4.37. The standard InChI is InChI=1S/C14H17N3O2/c1-9-8-13(17-19-9)14(18)16-12-7-5-4-6-11(12)10(2)15-3/h4-8,10,15H,1-3H3,(H,16,18). The Morgan fingerprint density at radius 1 is 1.37 bits per heavy atom. The number of aromatic nitrogens is 1. The van der Waals surface area contributed by atoms with Gasteiger partial charge in [0.1, 0.15) is 5.76 Å². The second-order valence-electron chi connectivity index (χ2n) is 4.37. The number of para-hydroxylation sites is 1. The lowest BCUT2D eigenvalue weighted by atomic mass is 10.1. The minimum Gasteiger partial charge on any atom is -0.361 e. The molecule has 0 radical (unpaired) electrons. The van der Waals surface area contributed by atoms with E-state index in [1.54, 1.807) is 13.0 Å². The molecule has 0 aliphatic carbocycles. The number of hydrogen-bond donors (Lipinski definition) is 2. The van der Waals surface area contributed by atoms with Crippen molar-refractivity contribution in [1.29, 1.82) is 0 Å². The van der Waals surface area contributed by atoms with Crippen LogP contribution in [-0.2, 0) is 0 Å². The topological polar surface area (TPSA) is 67.2 Å². The third-order valence-electron chi connectivity index (χ3n) is 2.97. The molecule has 0 saturated carbocycles. The molecule has 0 saturated heterocycles. The molecule has 1 atom stereocenters. The Morgan fingerprint density at radius 2 is 2.11 bits per heavy atom. The van der Waals surface area contributed by atoms with Crippen LogP contribution < -0.4 is 10.6 Å². The van der Waals surface area contributed by atoms with E-state index in [0.29, 0.717) is 5.76 Å². The van der Waals surface area contributed by atoms with Crippen molar-refractivity contribution in [3.63, 3.8) is 0 Å². The zero-order chi connectivity index (χ0) is 13.8. The maximum absolute atomic E-state index is 12.0. The number of amides is 1. The first kappa shape index (κ1) is 13.3. The quantitative estimate of drug-likeness (QED) is 0.885. The molecule has 0 aliphatic heterocycles. The van der Waals surface area contributed by atoms with Crippen LogP contribution in [0, 0.1) is 6.92 Å². The summed E-state index contributed by atoms with van der Waals surface area (Å²) in [6.07, 6.45) is 0. The molecule has 100 valence electrons. The third-order valence-corrected chi connectivity index (χ3v) is 2.97. The number of aryl methyl sites for hydroxylation is 1. The van der Waals surface area contributed by atoms with E-state index >= 15 is 0 Å². The molecule has 5 nitrogen and oxygen atoms in total. The van der Waals surface area contributed by atoms with E-state index in [1.165, 1.54) is 0 Å². The first-order chi connectivity index (χ1) is 9.11. The lowest BCUT2D eigenvalue weighted by Crippen LogP contribution is -2.18. The second kappa shape index (κ2) is 5.67. The largest absolute Gasteiger partial charge is 0.361 e. The normalized spacial score (nSPS) is 12.2. The fourth-order valence-electron chi connectivity index (χ4n) is 1.80. The minimum atomic E-state index is -0.271. The molecule has 5 heteroatoms. The van der Waals surface area contributed by atoms with Gasteiger partial charge in [0, 0.05) is 17.8 Å². The van der Waals surface area contributed by atoms with Crippen LogP contribution >= 0.6 is 0 Å². The third kappa shape index (κ3) is 3.00. The van der Waals surface area contributed by atoms with Gasteiger partial charge in [0.2, 0.25) is 0 Å². The molecular formula is C14H17N3O2. The Kier molecular flexibility index (Phi) is 3.97. The van der Waals surface area contributed by atoms with E-state index in [-0.39, 0.29) is 17.6 Å². The van der Waals surface area contributed by atoms with Crippen LogP contribution in [-0.4, -0.2) is 18.1 Å². The van der Waals surface area contributed by atoms with Crippen molar-refractivity contribution < 1.29 is 9.32 Å². The molecular weight excluding hydrogens is 242 g/mol. The Balaban J connectivity index is 2.21. The first-order valence-corrected chi connectivity index (χ1v) is 6.12. The van der Waals surface area contributed by atoms with E-state index in [9.17, 15) is 4.79 Å². The SMILES string of the molecule is CNC(C)c1ccccc1NC(=O)c1cc(C)on1. The molecule has 0 spiro atoms. The Bertz CT molecular complexity index is 578. The number of benzene rings is 1. The van der Waals surface area contributed by atoms with Gasteiger partial charge < -0.3 is 15.2 Å². The average Bonchev–Trinajstić information content (AvgIpc) is 2.85. The van der Waals surface area contributed by atoms with E-state index in [1.807, 2.05) is 38.2 Å². The van der Waals surface area contributed by atoms with Gasteiger partial charge in [-0.2, -0.15) is 0 Å². The van der Waals surface area contributed by atoms with Gasteiger partial charge in [0.25, 0.3) is 5.91 Å². The first-order valence-electron chi connectivity index (χ1n) is 6.12. The predicted molar refractivity (Wildman–Crippen MR) is 73.1 cm³/mol. The number of carbonyl (C=O) groups excluding carboxylic acids is 1. The highest BCUT2D eigenvalue weighted by atomic mass is 16.5. The molecule has 2 rings (SSSR count). The predicted octanol–water partition coefficient (Wildman–Crippen LogP) is 2.52. The van der Waals surface area contributed by atoms with E-state index < -0.39 is 0 Å². The van der Waals surface area contributed by atoms with Crippen LogP contribution in [0.4, 0.5) is 5.69 Å². The number of nitrogens with one attached hydrogen (secondary N) is 2. The summed E-state index contributed by atoms with van der Waals surface area (Å²) in [5.41, 5.74) is 2.08. The van der Waals surface area contributed by atoms with Gasteiger partial charge >= 0.3 is 0 Å². The Labute approximate surface area is 112 Å². The zero-order valence-corrected chi connectivity index (χ0v) is 11.2. The molecule has 0 aliphatic rings. The van der Waals surface area contributed by atoms with E-state index in [4.69, 9.17) is 4.52 Å². The molecule has 0 fully saturated rings. The van der Waals surface area contributed by atoms with Gasteiger partial charge in [0.05, 0.1) is 0 Å².